The van der Waals surface area contributed by atoms with E-state index in [0.29, 0.717) is 13.2 Å². The van der Waals surface area contributed by atoms with E-state index in [0.717, 1.165) is 16.8 Å². The molecule has 0 unspecified atom stereocenters. The van der Waals surface area contributed by atoms with Crippen LogP contribution in [0.2, 0.25) is 0 Å². The molecule has 1 fully saturated rings. The fourth-order valence-electron chi connectivity index (χ4n) is 2.61. The number of alkyl carbamates (subject to hydrolysis) is 1. The summed E-state index contributed by atoms with van der Waals surface area (Å²) in [4.78, 5) is 11.6. The van der Waals surface area contributed by atoms with Crippen molar-refractivity contribution in [3.8, 4) is 5.75 Å². The van der Waals surface area contributed by atoms with Gasteiger partial charge in [-0.2, -0.15) is 0 Å². The molecular formula is C20H32BNO5. The van der Waals surface area contributed by atoms with Crippen molar-refractivity contribution in [1.29, 1.82) is 0 Å². The van der Waals surface area contributed by atoms with Gasteiger partial charge >= 0.3 is 13.2 Å². The maximum absolute atomic E-state index is 11.6. The predicted octanol–water partition coefficient (Wildman–Crippen LogP) is 3.20. The minimum absolute atomic E-state index is 0.356. The van der Waals surface area contributed by atoms with Crippen molar-refractivity contribution in [2.75, 3.05) is 13.2 Å². The van der Waals surface area contributed by atoms with Crippen LogP contribution < -0.4 is 15.5 Å². The fraction of sp³-hybridized carbons (Fsp3) is 0.650. The van der Waals surface area contributed by atoms with E-state index in [9.17, 15) is 4.79 Å². The second kappa shape index (κ2) is 7.72. The molecule has 0 saturated carbocycles. The molecule has 27 heavy (non-hydrogen) atoms. The number of carbonyl (C=O) groups excluding carboxylic acids is 1. The summed E-state index contributed by atoms with van der Waals surface area (Å²) in [5.41, 5.74) is 0.781. The molecule has 0 aliphatic carbocycles. The van der Waals surface area contributed by atoms with Crippen LogP contribution in [-0.2, 0) is 14.0 Å². The highest BCUT2D eigenvalue weighted by Gasteiger charge is 2.52. The zero-order valence-electron chi connectivity index (χ0n) is 17.8. The summed E-state index contributed by atoms with van der Waals surface area (Å²) in [6.45, 7) is 16.4. The second-order valence-electron chi connectivity index (χ2n) is 8.88. The zero-order chi connectivity index (χ0) is 20.5. The van der Waals surface area contributed by atoms with Crippen LogP contribution in [0.3, 0.4) is 0 Å². The molecular weight excluding hydrogens is 345 g/mol. The fourth-order valence-corrected chi connectivity index (χ4v) is 2.61. The molecule has 0 aromatic heterocycles. The summed E-state index contributed by atoms with van der Waals surface area (Å²) in [5, 5.41) is 2.67. The van der Waals surface area contributed by atoms with E-state index in [1.165, 1.54) is 0 Å². The number of rotatable bonds is 5. The van der Waals surface area contributed by atoms with Crippen molar-refractivity contribution in [1.82, 2.24) is 5.32 Å². The quantitative estimate of drug-likeness (QED) is 0.631. The molecule has 0 radical (unpaired) electrons. The van der Waals surface area contributed by atoms with Gasteiger partial charge in [-0.3, -0.25) is 0 Å². The monoisotopic (exact) mass is 377 g/mol. The first-order valence-corrected chi connectivity index (χ1v) is 9.37. The van der Waals surface area contributed by atoms with Gasteiger partial charge in [0, 0.05) is 0 Å². The Balaban J connectivity index is 1.88. The van der Waals surface area contributed by atoms with Crippen molar-refractivity contribution in [2.24, 2.45) is 0 Å². The van der Waals surface area contributed by atoms with Gasteiger partial charge < -0.3 is 24.1 Å². The van der Waals surface area contributed by atoms with Crippen LogP contribution in [-0.4, -0.2) is 43.2 Å². The molecule has 1 heterocycles. The summed E-state index contributed by atoms with van der Waals surface area (Å²) in [6.07, 6.45) is -0.446. The SMILES string of the molecule is Cc1cc(OCCNC(=O)OC(C)(C)C)ccc1B1OC(C)(C)C(C)(C)O1. The number of hydrogen-bond acceptors (Lipinski definition) is 5. The van der Waals surface area contributed by atoms with Crippen molar-refractivity contribution in [2.45, 2.75) is 72.2 Å². The van der Waals surface area contributed by atoms with Crippen molar-refractivity contribution in [3.05, 3.63) is 23.8 Å². The van der Waals surface area contributed by atoms with Crippen LogP contribution in [0.4, 0.5) is 4.79 Å². The highest BCUT2D eigenvalue weighted by atomic mass is 16.7. The van der Waals surface area contributed by atoms with Crippen LogP contribution in [0.25, 0.3) is 0 Å². The lowest BCUT2D eigenvalue weighted by Gasteiger charge is -2.32. The van der Waals surface area contributed by atoms with Crippen molar-refractivity contribution in [3.63, 3.8) is 0 Å². The minimum atomic E-state index is -0.509. The first-order chi connectivity index (χ1) is 12.3. The van der Waals surface area contributed by atoms with Crippen LogP contribution in [0.15, 0.2) is 18.2 Å². The van der Waals surface area contributed by atoms with Gasteiger partial charge in [0.1, 0.15) is 18.0 Å². The average molecular weight is 377 g/mol. The van der Waals surface area contributed by atoms with Crippen molar-refractivity contribution >= 4 is 18.7 Å². The Labute approximate surface area is 163 Å². The van der Waals surface area contributed by atoms with E-state index in [1.54, 1.807) is 0 Å². The molecule has 1 aliphatic heterocycles. The number of nitrogens with one attached hydrogen (secondary N) is 1. The standard InChI is InChI=1S/C20H32BNO5/c1-14-13-15(24-12-11-22-17(23)25-18(2,3)4)9-10-16(14)21-26-19(5,6)20(7,8)27-21/h9-10,13H,11-12H2,1-8H3,(H,22,23). The van der Waals surface area contributed by atoms with Crippen LogP contribution in [0, 0.1) is 6.92 Å². The summed E-state index contributed by atoms with van der Waals surface area (Å²) in [5.74, 6) is 0.735. The molecule has 0 spiro atoms. The van der Waals surface area contributed by atoms with Crippen molar-refractivity contribution < 1.29 is 23.6 Å². The largest absolute Gasteiger partial charge is 0.495 e. The Hall–Kier alpha value is -1.73. The predicted molar refractivity (Wildman–Crippen MR) is 107 cm³/mol. The first-order valence-electron chi connectivity index (χ1n) is 9.37. The lowest BCUT2D eigenvalue weighted by molar-refractivity contribution is 0.00578. The molecule has 1 amide bonds. The first kappa shape index (κ1) is 21.6. The van der Waals surface area contributed by atoms with Gasteiger partial charge in [0.05, 0.1) is 17.7 Å². The molecule has 1 N–H and O–H groups in total. The molecule has 7 heteroatoms. The lowest BCUT2D eigenvalue weighted by atomic mass is 9.76. The Morgan fingerprint density at radius 2 is 1.74 bits per heavy atom. The number of aryl methyl sites for hydroxylation is 1. The average Bonchev–Trinajstić information content (AvgIpc) is 2.70. The Kier molecular flexibility index (Phi) is 6.17. The number of hydrogen-bond donors (Lipinski definition) is 1. The Bertz CT molecular complexity index is 665. The molecule has 150 valence electrons. The normalized spacial score (nSPS) is 18.3. The van der Waals surface area contributed by atoms with E-state index in [2.05, 4.69) is 5.32 Å². The van der Waals surface area contributed by atoms with Gasteiger partial charge in [0.15, 0.2) is 0 Å². The number of ether oxygens (including phenoxy) is 2. The minimum Gasteiger partial charge on any atom is -0.492 e. The molecule has 6 nitrogen and oxygen atoms in total. The molecule has 0 atom stereocenters. The van der Waals surface area contributed by atoms with Gasteiger partial charge in [-0.15, -0.1) is 0 Å². The van der Waals surface area contributed by atoms with E-state index in [1.807, 2.05) is 73.6 Å². The molecule has 1 aromatic rings. The summed E-state index contributed by atoms with van der Waals surface area (Å²) in [7, 11) is -0.391. The molecule has 1 aliphatic rings. The Morgan fingerprint density at radius 3 is 2.26 bits per heavy atom. The molecule has 1 aromatic carbocycles. The van der Waals surface area contributed by atoms with Crippen LogP contribution in [0.1, 0.15) is 54.0 Å². The number of carbonyl (C=O) groups is 1. The van der Waals surface area contributed by atoms with Crippen LogP contribution >= 0.6 is 0 Å². The second-order valence-corrected chi connectivity index (χ2v) is 8.88. The summed E-state index contributed by atoms with van der Waals surface area (Å²) >= 11 is 0. The number of amides is 1. The Morgan fingerprint density at radius 1 is 1.15 bits per heavy atom. The third-order valence-corrected chi connectivity index (χ3v) is 4.79. The third kappa shape index (κ3) is 5.62. The molecule has 2 rings (SSSR count). The van der Waals surface area contributed by atoms with Gasteiger partial charge in [0.25, 0.3) is 0 Å². The lowest BCUT2D eigenvalue weighted by Crippen LogP contribution is -2.41. The molecule has 1 saturated heterocycles. The van der Waals surface area contributed by atoms with Crippen LogP contribution in [0.5, 0.6) is 5.75 Å². The smallest absolute Gasteiger partial charge is 0.492 e. The van der Waals surface area contributed by atoms with E-state index >= 15 is 0 Å². The molecule has 0 bridgehead atoms. The van der Waals surface area contributed by atoms with Gasteiger partial charge in [0.2, 0.25) is 0 Å². The van der Waals surface area contributed by atoms with E-state index in [-0.39, 0.29) is 11.2 Å². The summed E-state index contributed by atoms with van der Waals surface area (Å²) in [6, 6.07) is 5.81. The number of benzene rings is 1. The van der Waals surface area contributed by atoms with Gasteiger partial charge in [-0.1, -0.05) is 6.07 Å². The zero-order valence-corrected chi connectivity index (χ0v) is 17.8. The maximum Gasteiger partial charge on any atom is 0.495 e. The highest BCUT2D eigenvalue weighted by Crippen LogP contribution is 2.36. The summed E-state index contributed by atoms with van der Waals surface area (Å²) < 4.78 is 23.1. The van der Waals surface area contributed by atoms with E-state index in [4.69, 9.17) is 18.8 Å². The third-order valence-electron chi connectivity index (χ3n) is 4.79. The maximum atomic E-state index is 11.6. The van der Waals surface area contributed by atoms with Gasteiger partial charge in [-0.25, -0.2) is 4.79 Å². The van der Waals surface area contributed by atoms with Gasteiger partial charge in [-0.05, 0) is 78.5 Å². The van der Waals surface area contributed by atoms with E-state index < -0.39 is 18.8 Å². The highest BCUT2D eigenvalue weighted by molar-refractivity contribution is 6.62. The topological polar surface area (TPSA) is 66.0 Å².